The summed E-state index contributed by atoms with van der Waals surface area (Å²) in [5.74, 6) is -1.02. The van der Waals surface area contributed by atoms with E-state index in [1.54, 1.807) is 12.1 Å². The molecule has 5 heteroatoms. The normalized spacial score (nSPS) is 12.3. The molecular weight excluding hydrogens is 336 g/mol. The van der Waals surface area contributed by atoms with Gasteiger partial charge in [0.25, 0.3) is 0 Å². The van der Waals surface area contributed by atoms with Gasteiger partial charge in [-0.25, -0.2) is 8.78 Å². The Bertz CT molecular complexity index is 604. The van der Waals surface area contributed by atoms with Gasteiger partial charge in [0.2, 0.25) is 0 Å². The van der Waals surface area contributed by atoms with E-state index >= 15 is 0 Å². The molecule has 0 spiro atoms. The summed E-state index contributed by atoms with van der Waals surface area (Å²) in [6.45, 7) is 1.85. The Hall–Kier alpha value is -1.13. The van der Waals surface area contributed by atoms with Crippen LogP contribution in [-0.2, 0) is 0 Å². The average Bonchev–Trinajstić information content (AvgIpc) is 2.36. The van der Waals surface area contributed by atoms with Crippen LogP contribution in [0.15, 0.2) is 40.9 Å². The van der Waals surface area contributed by atoms with Crippen LogP contribution >= 0.6 is 27.5 Å². The zero-order valence-electron chi connectivity index (χ0n) is 10.1. The first-order valence-corrected chi connectivity index (χ1v) is 6.81. The third kappa shape index (κ3) is 3.45. The Morgan fingerprint density at radius 1 is 1.16 bits per heavy atom. The van der Waals surface area contributed by atoms with Gasteiger partial charge in [0, 0.05) is 17.1 Å². The van der Waals surface area contributed by atoms with Crippen LogP contribution in [-0.4, -0.2) is 0 Å². The van der Waals surface area contributed by atoms with Crippen molar-refractivity contribution in [2.45, 2.75) is 13.0 Å². The summed E-state index contributed by atoms with van der Waals surface area (Å²) in [4.78, 5) is 0. The van der Waals surface area contributed by atoms with E-state index in [9.17, 15) is 8.78 Å². The first-order chi connectivity index (χ1) is 8.97. The van der Waals surface area contributed by atoms with Crippen molar-refractivity contribution in [1.82, 2.24) is 0 Å². The number of anilines is 1. The average molecular weight is 347 g/mol. The molecule has 1 atom stereocenters. The molecule has 0 bridgehead atoms. The Morgan fingerprint density at radius 2 is 1.89 bits per heavy atom. The second-order valence-corrected chi connectivity index (χ2v) is 5.46. The van der Waals surface area contributed by atoms with Gasteiger partial charge in [-0.3, -0.25) is 0 Å². The summed E-state index contributed by atoms with van der Waals surface area (Å²) in [6, 6.07) is 9.27. The molecule has 0 aliphatic carbocycles. The molecule has 0 heterocycles. The largest absolute Gasteiger partial charge is 0.376 e. The predicted octanol–water partition coefficient (Wildman–Crippen LogP) is 5.55. The molecule has 0 aliphatic heterocycles. The van der Waals surface area contributed by atoms with Crippen LogP contribution in [0.4, 0.5) is 14.5 Å². The minimum absolute atomic E-state index is 0.103. The highest BCUT2D eigenvalue weighted by Gasteiger charge is 2.12. The number of benzene rings is 2. The van der Waals surface area contributed by atoms with Crippen LogP contribution < -0.4 is 5.32 Å². The lowest BCUT2D eigenvalue weighted by molar-refractivity contribution is 0.595. The number of hydrogen-bond acceptors (Lipinski definition) is 1. The fraction of sp³-hybridized carbons (Fsp3) is 0.143. The van der Waals surface area contributed by atoms with E-state index in [4.69, 9.17) is 11.6 Å². The maximum Gasteiger partial charge on any atom is 0.147 e. The van der Waals surface area contributed by atoms with Crippen LogP contribution in [0.2, 0.25) is 5.02 Å². The van der Waals surface area contributed by atoms with Gasteiger partial charge < -0.3 is 5.32 Å². The fourth-order valence-corrected chi connectivity index (χ4v) is 2.24. The molecule has 0 saturated carbocycles. The second-order valence-electron chi connectivity index (χ2n) is 4.17. The lowest BCUT2D eigenvalue weighted by Gasteiger charge is -2.17. The maximum atomic E-state index is 13.7. The monoisotopic (exact) mass is 345 g/mol. The molecular formula is C14H11BrClF2N. The molecule has 100 valence electrons. The molecule has 2 aromatic rings. The quantitative estimate of drug-likeness (QED) is 0.718. The summed E-state index contributed by atoms with van der Waals surface area (Å²) in [5, 5.41) is 3.53. The van der Waals surface area contributed by atoms with Crippen LogP contribution in [0.1, 0.15) is 18.5 Å². The van der Waals surface area contributed by atoms with Crippen LogP contribution in [0.25, 0.3) is 0 Å². The third-order valence-electron chi connectivity index (χ3n) is 2.73. The molecule has 0 amide bonds. The third-order valence-corrected chi connectivity index (χ3v) is 3.57. The van der Waals surface area contributed by atoms with Gasteiger partial charge in [-0.1, -0.05) is 23.7 Å². The Balaban J connectivity index is 2.24. The summed E-state index contributed by atoms with van der Waals surface area (Å²) in [7, 11) is 0. The number of rotatable bonds is 3. The van der Waals surface area contributed by atoms with E-state index in [0.29, 0.717) is 5.02 Å². The van der Waals surface area contributed by atoms with Gasteiger partial charge in [-0.15, -0.1) is 0 Å². The van der Waals surface area contributed by atoms with Crippen molar-refractivity contribution in [3.8, 4) is 0 Å². The molecule has 0 aromatic heterocycles. The topological polar surface area (TPSA) is 12.0 Å². The van der Waals surface area contributed by atoms with Gasteiger partial charge in [-0.05, 0) is 46.6 Å². The van der Waals surface area contributed by atoms with Gasteiger partial charge in [-0.2, -0.15) is 0 Å². The van der Waals surface area contributed by atoms with E-state index in [0.717, 1.165) is 17.7 Å². The van der Waals surface area contributed by atoms with Crippen molar-refractivity contribution in [2.75, 3.05) is 5.32 Å². The highest BCUT2D eigenvalue weighted by Crippen LogP contribution is 2.27. The maximum absolute atomic E-state index is 13.7. The van der Waals surface area contributed by atoms with Crippen molar-refractivity contribution in [1.29, 1.82) is 0 Å². The molecule has 2 aromatic carbocycles. The van der Waals surface area contributed by atoms with Crippen molar-refractivity contribution in [3.05, 3.63) is 63.1 Å². The Labute approximate surface area is 123 Å². The highest BCUT2D eigenvalue weighted by molar-refractivity contribution is 9.10. The SMILES string of the molecule is CC(Nc1cc(F)c(Br)cc1F)c1cccc(Cl)c1. The fourth-order valence-electron chi connectivity index (χ4n) is 1.73. The molecule has 2 rings (SSSR count). The molecule has 0 radical (unpaired) electrons. The van der Waals surface area contributed by atoms with E-state index in [1.807, 2.05) is 19.1 Å². The molecule has 1 unspecified atom stereocenters. The van der Waals surface area contributed by atoms with E-state index < -0.39 is 11.6 Å². The van der Waals surface area contributed by atoms with Crippen LogP contribution in [0.5, 0.6) is 0 Å². The second kappa shape index (κ2) is 5.88. The predicted molar refractivity (Wildman–Crippen MR) is 77.5 cm³/mol. The van der Waals surface area contributed by atoms with Crippen molar-refractivity contribution in [3.63, 3.8) is 0 Å². The van der Waals surface area contributed by atoms with Gasteiger partial charge in [0.15, 0.2) is 0 Å². The molecule has 0 fully saturated rings. The van der Waals surface area contributed by atoms with Gasteiger partial charge >= 0.3 is 0 Å². The molecule has 19 heavy (non-hydrogen) atoms. The molecule has 1 nitrogen and oxygen atoms in total. The minimum atomic E-state index is -0.512. The summed E-state index contributed by atoms with van der Waals surface area (Å²) < 4.78 is 27.2. The zero-order chi connectivity index (χ0) is 14.0. The number of nitrogens with one attached hydrogen (secondary N) is 1. The van der Waals surface area contributed by atoms with Crippen LogP contribution in [0, 0.1) is 11.6 Å². The Morgan fingerprint density at radius 3 is 2.58 bits per heavy atom. The summed E-state index contributed by atoms with van der Waals surface area (Å²) in [6.07, 6.45) is 0. The lowest BCUT2D eigenvalue weighted by Crippen LogP contribution is -2.08. The van der Waals surface area contributed by atoms with E-state index in [1.165, 1.54) is 0 Å². The highest BCUT2D eigenvalue weighted by atomic mass is 79.9. The van der Waals surface area contributed by atoms with Crippen molar-refractivity contribution < 1.29 is 8.78 Å². The van der Waals surface area contributed by atoms with E-state index in [2.05, 4.69) is 21.2 Å². The minimum Gasteiger partial charge on any atom is -0.376 e. The van der Waals surface area contributed by atoms with E-state index in [-0.39, 0.29) is 16.2 Å². The van der Waals surface area contributed by atoms with Gasteiger partial charge in [0.05, 0.1) is 10.2 Å². The molecule has 0 aliphatic rings. The van der Waals surface area contributed by atoms with Crippen molar-refractivity contribution in [2.24, 2.45) is 0 Å². The first-order valence-electron chi connectivity index (χ1n) is 5.64. The molecule has 0 saturated heterocycles. The Kier molecular flexibility index (Phi) is 4.42. The number of halogens is 4. The van der Waals surface area contributed by atoms with Gasteiger partial charge in [0.1, 0.15) is 11.6 Å². The molecule has 1 N–H and O–H groups in total. The zero-order valence-corrected chi connectivity index (χ0v) is 12.4. The van der Waals surface area contributed by atoms with Crippen molar-refractivity contribution >= 4 is 33.2 Å². The summed E-state index contributed by atoms with van der Waals surface area (Å²) in [5.41, 5.74) is 1.02. The van der Waals surface area contributed by atoms with Crippen LogP contribution in [0.3, 0.4) is 0 Å². The standard InChI is InChI=1S/C14H11BrClF2N/c1-8(9-3-2-4-10(16)5-9)19-14-7-12(17)11(15)6-13(14)18/h2-8,19H,1H3. The smallest absolute Gasteiger partial charge is 0.147 e. The first kappa shape index (κ1) is 14.3. The lowest BCUT2D eigenvalue weighted by atomic mass is 10.1. The number of hydrogen-bond donors (Lipinski definition) is 1. The summed E-state index contributed by atoms with van der Waals surface area (Å²) >= 11 is 8.84.